The molecule has 0 radical (unpaired) electrons. The van der Waals surface area contributed by atoms with Gasteiger partial charge in [-0.15, -0.1) is 0 Å². The summed E-state index contributed by atoms with van der Waals surface area (Å²) in [6.45, 7) is 2.23. The van der Waals surface area contributed by atoms with Crippen LogP contribution in [0.5, 0.6) is 5.88 Å². The van der Waals surface area contributed by atoms with Gasteiger partial charge in [0.25, 0.3) is 11.8 Å². The molecule has 7 heteroatoms. The van der Waals surface area contributed by atoms with Crippen LogP contribution in [0, 0.1) is 0 Å². The summed E-state index contributed by atoms with van der Waals surface area (Å²) in [6.07, 6.45) is 1.41. The Balaban J connectivity index is 1.84. The van der Waals surface area contributed by atoms with Crippen molar-refractivity contribution in [1.82, 2.24) is 15.2 Å². The average molecular weight is 279 g/mol. The molecule has 20 heavy (non-hydrogen) atoms. The number of aromatic nitrogens is 1. The van der Waals surface area contributed by atoms with Gasteiger partial charge in [-0.3, -0.25) is 9.59 Å². The lowest BCUT2D eigenvalue weighted by Crippen LogP contribution is -2.43. The van der Waals surface area contributed by atoms with Gasteiger partial charge in [-0.05, 0) is 6.07 Å². The van der Waals surface area contributed by atoms with Crippen LogP contribution in [-0.4, -0.2) is 61.7 Å². The van der Waals surface area contributed by atoms with E-state index in [1.54, 1.807) is 24.1 Å². The second-order valence-corrected chi connectivity index (χ2v) is 4.25. The molecule has 0 bridgehead atoms. The van der Waals surface area contributed by atoms with Crippen molar-refractivity contribution in [3.8, 4) is 5.88 Å². The molecule has 108 valence electrons. The molecule has 0 aliphatic carbocycles. The fraction of sp³-hybridized carbons (Fsp3) is 0.462. The summed E-state index contributed by atoms with van der Waals surface area (Å²) in [7, 11) is 1.55. The van der Waals surface area contributed by atoms with Gasteiger partial charge in [0.2, 0.25) is 5.88 Å². The number of nitrogens with zero attached hydrogens (tertiary/aromatic N) is 2. The predicted octanol–water partition coefficient (Wildman–Crippen LogP) is -0.321. The topological polar surface area (TPSA) is 80.8 Å². The summed E-state index contributed by atoms with van der Waals surface area (Å²) in [5.74, 6) is 0.0122. The van der Waals surface area contributed by atoms with Crippen LogP contribution in [0.4, 0.5) is 0 Å². The first kappa shape index (κ1) is 14.3. The van der Waals surface area contributed by atoms with Crippen LogP contribution < -0.4 is 10.1 Å². The zero-order valence-electron chi connectivity index (χ0n) is 11.3. The molecule has 2 amide bonds. The smallest absolute Gasteiger partial charge is 0.260 e. The van der Waals surface area contributed by atoms with Gasteiger partial charge >= 0.3 is 0 Å². The van der Waals surface area contributed by atoms with Crippen LogP contribution in [-0.2, 0) is 9.53 Å². The Hall–Kier alpha value is -2.15. The van der Waals surface area contributed by atoms with E-state index in [2.05, 4.69) is 10.3 Å². The van der Waals surface area contributed by atoms with Crippen LogP contribution >= 0.6 is 0 Å². The van der Waals surface area contributed by atoms with Crippen molar-refractivity contribution in [1.29, 1.82) is 0 Å². The summed E-state index contributed by atoms with van der Waals surface area (Å²) >= 11 is 0. The van der Waals surface area contributed by atoms with Crippen molar-refractivity contribution in [2.45, 2.75) is 0 Å². The van der Waals surface area contributed by atoms with Crippen molar-refractivity contribution >= 4 is 11.8 Å². The highest BCUT2D eigenvalue weighted by atomic mass is 16.5. The maximum atomic E-state index is 11.8. The Kier molecular flexibility index (Phi) is 4.89. The Labute approximate surface area is 116 Å². The van der Waals surface area contributed by atoms with E-state index >= 15 is 0 Å². The van der Waals surface area contributed by atoms with Crippen molar-refractivity contribution in [3.63, 3.8) is 0 Å². The summed E-state index contributed by atoms with van der Waals surface area (Å²) in [5.41, 5.74) is 0.444. The highest BCUT2D eigenvalue weighted by Gasteiger charge is 2.17. The number of pyridine rings is 1. The molecule has 1 aliphatic rings. The number of carbonyl (C=O) groups is 2. The maximum absolute atomic E-state index is 11.8. The first-order valence-electron chi connectivity index (χ1n) is 6.37. The minimum Gasteiger partial charge on any atom is -0.468 e. The zero-order chi connectivity index (χ0) is 14.4. The lowest BCUT2D eigenvalue weighted by Gasteiger charge is -2.26. The van der Waals surface area contributed by atoms with Crippen LogP contribution in [0.25, 0.3) is 0 Å². The van der Waals surface area contributed by atoms with Gasteiger partial charge in [-0.1, -0.05) is 0 Å². The maximum Gasteiger partial charge on any atom is 0.260 e. The van der Waals surface area contributed by atoms with Crippen LogP contribution in [0.3, 0.4) is 0 Å². The molecule has 2 rings (SSSR count). The number of amides is 2. The van der Waals surface area contributed by atoms with Crippen LogP contribution in [0.15, 0.2) is 18.3 Å². The molecule has 1 aliphatic heterocycles. The van der Waals surface area contributed by atoms with E-state index in [4.69, 9.17) is 9.47 Å². The largest absolute Gasteiger partial charge is 0.468 e. The van der Waals surface area contributed by atoms with E-state index < -0.39 is 0 Å². The number of ether oxygens (including phenoxy) is 2. The normalized spacial score (nSPS) is 14.8. The molecule has 1 fully saturated rings. The highest BCUT2D eigenvalue weighted by Crippen LogP contribution is 2.08. The van der Waals surface area contributed by atoms with Gasteiger partial charge in [0, 0.05) is 32.4 Å². The number of hydrogen-bond acceptors (Lipinski definition) is 5. The number of rotatable bonds is 4. The third-order valence-electron chi connectivity index (χ3n) is 2.93. The molecule has 1 N–H and O–H groups in total. The van der Waals surface area contributed by atoms with Crippen LogP contribution in [0.2, 0.25) is 0 Å². The lowest BCUT2D eigenvalue weighted by molar-refractivity contribution is -0.137. The number of nitrogens with one attached hydrogen (secondary N) is 1. The lowest BCUT2D eigenvalue weighted by atomic mass is 10.3. The minimum atomic E-state index is -0.214. The van der Waals surface area contributed by atoms with Gasteiger partial charge < -0.3 is 19.7 Å². The SMILES string of the molecule is CNC(=O)c1ccc(OCC(=O)N2CCOCC2)nc1. The van der Waals surface area contributed by atoms with Crippen molar-refractivity contribution in [2.24, 2.45) is 0 Å². The number of carbonyl (C=O) groups excluding carboxylic acids is 2. The summed E-state index contributed by atoms with van der Waals surface area (Å²) in [6, 6.07) is 3.16. The molecule has 0 atom stereocenters. The molecule has 1 aromatic rings. The molecule has 7 nitrogen and oxygen atoms in total. The molecule has 0 aromatic carbocycles. The standard InChI is InChI=1S/C13H17N3O4/c1-14-13(18)10-2-3-11(15-8-10)20-9-12(17)16-4-6-19-7-5-16/h2-3,8H,4-7,9H2,1H3,(H,14,18). The van der Waals surface area contributed by atoms with E-state index in [1.807, 2.05) is 0 Å². The number of morpholine rings is 1. The summed E-state index contributed by atoms with van der Waals surface area (Å²) in [5, 5.41) is 2.50. The van der Waals surface area contributed by atoms with Crippen molar-refractivity contribution in [3.05, 3.63) is 23.9 Å². The molecule has 2 heterocycles. The first-order valence-corrected chi connectivity index (χ1v) is 6.37. The molecule has 1 aromatic heterocycles. The van der Waals surface area contributed by atoms with Gasteiger partial charge in [0.15, 0.2) is 6.61 Å². The quantitative estimate of drug-likeness (QED) is 0.817. The Bertz CT molecular complexity index is 469. The second kappa shape index (κ2) is 6.85. The third kappa shape index (κ3) is 3.67. The van der Waals surface area contributed by atoms with Gasteiger partial charge in [-0.2, -0.15) is 0 Å². The monoisotopic (exact) mass is 279 g/mol. The molecular weight excluding hydrogens is 262 g/mol. The predicted molar refractivity (Wildman–Crippen MR) is 70.5 cm³/mol. The van der Waals surface area contributed by atoms with Crippen molar-refractivity contribution < 1.29 is 19.1 Å². The van der Waals surface area contributed by atoms with Gasteiger partial charge in [0.05, 0.1) is 18.8 Å². The molecular formula is C13H17N3O4. The van der Waals surface area contributed by atoms with E-state index in [0.717, 1.165) is 0 Å². The Morgan fingerprint density at radius 3 is 2.75 bits per heavy atom. The first-order chi connectivity index (χ1) is 9.70. The zero-order valence-corrected chi connectivity index (χ0v) is 11.3. The highest BCUT2D eigenvalue weighted by molar-refractivity contribution is 5.93. The van der Waals surface area contributed by atoms with E-state index in [0.29, 0.717) is 37.7 Å². The minimum absolute atomic E-state index is 0.0632. The molecule has 0 saturated carbocycles. The average Bonchev–Trinajstić information content (AvgIpc) is 2.53. The second-order valence-electron chi connectivity index (χ2n) is 4.25. The van der Waals surface area contributed by atoms with E-state index in [1.165, 1.54) is 6.20 Å². The van der Waals surface area contributed by atoms with Gasteiger partial charge in [-0.25, -0.2) is 4.98 Å². The van der Waals surface area contributed by atoms with Crippen LogP contribution in [0.1, 0.15) is 10.4 Å². The van der Waals surface area contributed by atoms with E-state index in [-0.39, 0.29) is 18.4 Å². The summed E-state index contributed by atoms with van der Waals surface area (Å²) < 4.78 is 10.5. The molecule has 1 saturated heterocycles. The molecule has 0 unspecified atom stereocenters. The Morgan fingerprint density at radius 1 is 1.40 bits per heavy atom. The van der Waals surface area contributed by atoms with E-state index in [9.17, 15) is 9.59 Å². The Morgan fingerprint density at radius 2 is 2.15 bits per heavy atom. The fourth-order valence-electron chi connectivity index (χ4n) is 1.78. The third-order valence-corrected chi connectivity index (χ3v) is 2.93. The molecule has 0 spiro atoms. The van der Waals surface area contributed by atoms with Gasteiger partial charge in [0.1, 0.15) is 0 Å². The van der Waals surface area contributed by atoms with Crippen molar-refractivity contribution in [2.75, 3.05) is 40.0 Å². The summed E-state index contributed by atoms with van der Waals surface area (Å²) in [4.78, 5) is 28.9. The fourth-order valence-corrected chi connectivity index (χ4v) is 1.78. The number of hydrogen-bond donors (Lipinski definition) is 1.